The molecule has 0 unspecified atom stereocenters. The van der Waals surface area contributed by atoms with Gasteiger partial charge in [0.1, 0.15) is 0 Å². The molecular formula is C15H20N2O4S2. The molecule has 2 amide bonds. The smallest absolute Gasteiger partial charge is 0.229 e. The van der Waals surface area contributed by atoms with E-state index in [4.69, 9.17) is 0 Å². The Morgan fingerprint density at radius 3 is 2.57 bits per heavy atom. The molecule has 1 atom stereocenters. The van der Waals surface area contributed by atoms with Crippen molar-refractivity contribution < 1.29 is 18.0 Å². The molecule has 0 aromatic carbocycles. The van der Waals surface area contributed by atoms with Crippen LogP contribution >= 0.6 is 11.3 Å². The molecule has 6 nitrogen and oxygen atoms in total. The van der Waals surface area contributed by atoms with Crippen molar-refractivity contribution in [2.45, 2.75) is 31.8 Å². The molecule has 2 aliphatic rings. The second kappa shape index (κ2) is 6.70. The van der Waals surface area contributed by atoms with Crippen LogP contribution in [0.1, 0.15) is 24.1 Å². The highest BCUT2D eigenvalue weighted by atomic mass is 32.2. The molecular weight excluding hydrogens is 336 g/mol. The van der Waals surface area contributed by atoms with Gasteiger partial charge in [-0.15, -0.1) is 11.3 Å². The van der Waals surface area contributed by atoms with E-state index in [1.165, 1.54) is 4.90 Å². The Balaban J connectivity index is 1.67. The zero-order chi connectivity index (χ0) is 16.4. The molecule has 0 N–H and O–H groups in total. The van der Waals surface area contributed by atoms with Gasteiger partial charge in [-0.25, -0.2) is 8.42 Å². The number of thiophene rings is 1. The van der Waals surface area contributed by atoms with Crippen LogP contribution in [0.15, 0.2) is 17.5 Å². The Bertz CT molecular complexity index is 668. The molecule has 3 rings (SSSR count). The lowest BCUT2D eigenvalue weighted by molar-refractivity contribution is -0.138. The zero-order valence-corrected chi connectivity index (χ0v) is 14.4. The van der Waals surface area contributed by atoms with E-state index in [0.29, 0.717) is 38.9 Å². The van der Waals surface area contributed by atoms with Crippen LogP contribution in [0.4, 0.5) is 0 Å². The Labute approximate surface area is 140 Å². The molecule has 126 valence electrons. The molecule has 3 heterocycles. The summed E-state index contributed by atoms with van der Waals surface area (Å²) < 4.78 is 23.5. The molecule has 0 spiro atoms. The summed E-state index contributed by atoms with van der Waals surface area (Å²) in [7, 11) is -2.96. The number of likely N-dealkylation sites (tertiary alicyclic amines) is 1. The Morgan fingerprint density at radius 1 is 1.26 bits per heavy atom. The quantitative estimate of drug-likeness (QED) is 0.708. The van der Waals surface area contributed by atoms with Crippen molar-refractivity contribution in [3.8, 4) is 0 Å². The van der Waals surface area contributed by atoms with Crippen LogP contribution in [0.5, 0.6) is 0 Å². The molecule has 0 saturated carbocycles. The first-order valence-electron chi connectivity index (χ1n) is 7.75. The fraction of sp³-hybridized carbons (Fsp3) is 0.600. The van der Waals surface area contributed by atoms with E-state index < -0.39 is 9.84 Å². The van der Waals surface area contributed by atoms with Crippen molar-refractivity contribution in [2.75, 3.05) is 24.6 Å². The minimum Gasteiger partial charge on any atom is -0.292 e. The van der Waals surface area contributed by atoms with Crippen LogP contribution in [-0.2, 0) is 26.0 Å². The molecule has 1 aromatic heterocycles. The number of hydrogen-bond donors (Lipinski definition) is 0. The van der Waals surface area contributed by atoms with Gasteiger partial charge in [-0.05, 0) is 17.9 Å². The third kappa shape index (κ3) is 3.99. The van der Waals surface area contributed by atoms with E-state index in [2.05, 4.69) is 4.90 Å². The van der Waals surface area contributed by atoms with Gasteiger partial charge in [0, 0.05) is 43.4 Å². The van der Waals surface area contributed by atoms with Gasteiger partial charge in [-0.3, -0.25) is 19.4 Å². The van der Waals surface area contributed by atoms with Crippen LogP contribution in [0.2, 0.25) is 0 Å². The van der Waals surface area contributed by atoms with Gasteiger partial charge in [-0.1, -0.05) is 6.07 Å². The predicted molar refractivity (Wildman–Crippen MR) is 87.7 cm³/mol. The number of rotatable bonds is 6. The first kappa shape index (κ1) is 16.6. The lowest BCUT2D eigenvalue weighted by Crippen LogP contribution is -2.42. The van der Waals surface area contributed by atoms with E-state index in [9.17, 15) is 18.0 Å². The molecule has 2 fully saturated rings. The topological polar surface area (TPSA) is 74.8 Å². The summed E-state index contributed by atoms with van der Waals surface area (Å²) in [4.78, 5) is 28.0. The highest BCUT2D eigenvalue weighted by molar-refractivity contribution is 7.91. The average Bonchev–Trinajstić information content (AvgIpc) is 3.19. The summed E-state index contributed by atoms with van der Waals surface area (Å²) in [6.45, 7) is 1.53. The van der Waals surface area contributed by atoms with Crippen molar-refractivity contribution in [3.05, 3.63) is 22.4 Å². The largest absolute Gasteiger partial charge is 0.292 e. The first-order valence-corrected chi connectivity index (χ1v) is 10.4. The highest BCUT2D eigenvalue weighted by Gasteiger charge is 2.34. The molecule has 2 saturated heterocycles. The lowest BCUT2D eigenvalue weighted by atomic mass is 10.2. The van der Waals surface area contributed by atoms with E-state index >= 15 is 0 Å². The van der Waals surface area contributed by atoms with Gasteiger partial charge in [-0.2, -0.15) is 0 Å². The van der Waals surface area contributed by atoms with Gasteiger partial charge in [0.05, 0.1) is 11.5 Å². The van der Waals surface area contributed by atoms with Crippen molar-refractivity contribution in [3.63, 3.8) is 0 Å². The molecule has 0 bridgehead atoms. The van der Waals surface area contributed by atoms with Gasteiger partial charge >= 0.3 is 0 Å². The van der Waals surface area contributed by atoms with E-state index in [1.807, 2.05) is 17.5 Å². The van der Waals surface area contributed by atoms with Gasteiger partial charge in [0.2, 0.25) is 11.8 Å². The SMILES string of the molecule is O=C1CCC(=O)N1CCN(Cc1cccs1)[C@H]1CCS(=O)(=O)C1. The molecule has 2 aliphatic heterocycles. The zero-order valence-electron chi connectivity index (χ0n) is 12.8. The lowest BCUT2D eigenvalue weighted by Gasteiger charge is -2.29. The van der Waals surface area contributed by atoms with Crippen LogP contribution in [0.3, 0.4) is 0 Å². The summed E-state index contributed by atoms with van der Waals surface area (Å²) in [6, 6.07) is 3.96. The Morgan fingerprint density at radius 2 is 2.00 bits per heavy atom. The van der Waals surface area contributed by atoms with Crippen molar-refractivity contribution in [1.82, 2.24) is 9.80 Å². The maximum Gasteiger partial charge on any atom is 0.229 e. The van der Waals surface area contributed by atoms with Gasteiger partial charge < -0.3 is 0 Å². The second-order valence-corrected chi connectivity index (χ2v) is 9.31. The van der Waals surface area contributed by atoms with E-state index in [-0.39, 0.29) is 29.4 Å². The number of carbonyl (C=O) groups excluding carboxylic acids is 2. The van der Waals surface area contributed by atoms with Crippen LogP contribution in [-0.4, -0.2) is 60.7 Å². The van der Waals surface area contributed by atoms with Crippen molar-refractivity contribution in [1.29, 1.82) is 0 Å². The third-order valence-corrected chi connectivity index (χ3v) is 7.04. The maximum atomic E-state index is 11.8. The molecule has 0 aliphatic carbocycles. The standard InChI is InChI=1S/C15H20N2O4S2/c18-14-3-4-15(19)17(14)7-6-16(10-13-2-1-8-22-13)12-5-9-23(20,21)11-12/h1-2,8,12H,3-7,9-11H2/t12-/m0/s1. The predicted octanol–water partition coefficient (Wildman–Crippen LogP) is 0.886. The Hall–Kier alpha value is -1.25. The minimum atomic E-state index is -2.96. The fourth-order valence-corrected chi connectivity index (χ4v) is 5.65. The Kier molecular flexibility index (Phi) is 4.84. The maximum absolute atomic E-state index is 11.8. The summed E-state index contributed by atoms with van der Waals surface area (Å²) >= 11 is 1.63. The van der Waals surface area contributed by atoms with Crippen LogP contribution in [0, 0.1) is 0 Å². The summed E-state index contributed by atoms with van der Waals surface area (Å²) in [5.74, 6) is 0.149. The summed E-state index contributed by atoms with van der Waals surface area (Å²) in [6.07, 6.45) is 1.21. The minimum absolute atomic E-state index is 0.0325. The first-order chi connectivity index (χ1) is 10.9. The normalized spacial score (nSPS) is 24.0. The average molecular weight is 356 g/mol. The van der Waals surface area contributed by atoms with Crippen molar-refractivity contribution in [2.24, 2.45) is 0 Å². The highest BCUT2D eigenvalue weighted by Crippen LogP contribution is 2.22. The molecule has 0 radical (unpaired) electrons. The third-order valence-electron chi connectivity index (χ3n) is 4.43. The van der Waals surface area contributed by atoms with Crippen LogP contribution < -0.4 is 0 Å². The molecule has 1 aromatic rings. The number of sulfone groups is 1. The van der Waals surface area contributed by atoms with Crippen LogP contribution in [0.25, 0.3) is 0 Å². The van der Waals surface area contributed by atoms with Gasteiger partial charge in [0.15, 0.2) is 9.84 Å². The van der Waals surface area contributed by atoms with Crippen molar-refractivity contribution >= 4 is 33.0 Å². The molecule has 8 heteroatoms. The number of imide groups is 1. The number of amides is 2. The fourth-order valence-electron chi connectivity index (χ4n) is 3.16. The monoisotopic (exact) mass is 356 g/mol. The van der Waals surface area contributed by atoms with E-state index in [1.54, 1.807) is 11.3 Å². The second-order valence-electron chi connectivity index (χ2n) is 6.05. The molecule has 23 heavy (non-hydrogen) atoms. The summed E-state index contributed by atoms with van der Waals surface area (Å²) in [5, 5.41) is 1.99. The van der Waals surface area contributed by atoms with E-state index in [0.717, 1.165) is 4.88 Å². The van der Waals surface area contributed by atoms with Gasteiger partial charge in [0.25, 0.3) is 0 Å². The number of carbonyl (C=O) groups is 2. The number of nitrogens with zero attached hydrogens (tertiary/aromatic N) is 2. The summed E-state index contributed by atoms with van der Waals surface area (Å²) in [5.41, 5.74) is 0. The number of hydrogen-bond acceptors (Lipinski definition) is 6.